The molecular weight excluding hydrogens is 160 g/mol. The fourth-order valence-corrected chi connectivity index (χ4v) is 0.719. The molecule has 0 aliphatic rings. The quantitative estimate of drug-likeness (QED) is 0.590. The summed E-state index contributed by atoms with van der Waals surface area (Å²) in [4.78, 5) is 14.6. The van der Waals surface area contributed by atoms with Crippen molar-refractivity contribution >= 4 is 5.97 Å². The molecule has 1 heterocycles. The predicted molar refractivity (Wildman–Crippen MR) is 40.4 cm³/mol. The lowest BCUT2D eigenvalue weighted by molar-refractivity contribution is 0.0586. The Labute approximate surface area is 69.3 Å². The van der Waals surface area contributed by atoms with E-state index < -0.39 is 5.97 Å². The highest BCUT2D eigenvalue weighted by molar-refractivity contribution is 5.84. The molecule has 0 saturated carbocycles. The number of aromatic nitrogens is 3. The van der Waals surface area contributed by atoms with Crippen molar-refractivity contribution in [1.82, 2.24) is 14.8 Å². The van der Waals surface area contributed by atoms with E-state index in [0.29, 0.717) is 13.1 Å². The molecule has 0 aromatic carbocycles. The van der Waals surface area contributed by atoms with Crippen LogP contribution in [0.1, 0.15) is 10.6 Å². The summed E-state index contributed by atoms with van der Waals surface area (Å²) in [6.07, 6.45) is 1.44. The second kappa shape index (κ2) is 3.82. The Morgan fingerprint density at radius 3 is 3.17 bits per heavy atom. The number of hydrogen-bond donors (Lipinski definition) is 1. The highest BCUT2D eigenvalue weighted by atomic mass is 16.5. The van der Waals surface area contributed by atoms with Crippen LogP contribution in [0.25, 0.3) is 0 Å². The van der Waals surface area contributed by atoms with Crippen molar-refractivity contribution in [3.05, 3.63) is 12.2 Å². The van der Waals surface area contributed by atoms with Crippen LogP contribution in [-0.2, 0) is 11.3 Å². The molecule has 0 radical (unpaired) electrons. The Hall–Kier alpha value is -1.43. The highest BCUT2D eigenvalue weighted by Gasteiger charge is 2.10. The number of nitrogens with zero attached hydrogens (tertiary/aromatic N) is 3. The zero-order chi connectivity index (χ0) is 8.97. The molecule has 0 saturated heterocycles. The summed E-state index contributed by atoms with van der Waals surface area (Å²) in [6, 6.07) is 0. The van der Waals surface area contributed by atoms with Crippen molar-refractivity contribution in [3.8, 4) is 0 Å². The van der Waals surface area contributed by atoms with E-state index in [1.165, 1.54) is 18.1 Å². The number of carbonyl (C=O) groups excluding carboxylic acids is 1. The van der Waals surface area contributed by atoms with Gasteiger partial charge in [0.25, 0.3) is 5.82 Å². The number of ether oxygens (including phenoxy) is 1. The number of rotatable bonds is 3. The minimum Gasteiger partial charge on any atom is -0.463 e. The van der Waals surface area contributed by atoms with Gasteiger partial charge < -0.3 is 10.5 Å². The van der Waals surface area contributed by atoms with Crippen molar-refractivity contribution in [1.29, 1.82) is 0 Å². The highest BCUT2D eigenvalue weighted by Crippen LogP contribution is 1.91. The smallest absolute Gasteiger partial charge is 0.377 e. The molecule has 1 aromatic rings. The molecular formula is C6H10N4O2. The third kappa shape index (κ3) is 1.79. The first-order chi connectivity index (χ1) is 5.77. The van der Waals surface area contributed by atoms with E-state index in [-0.39, 0.29) is 5.82 Å². The third-order valence-corrected chi connectivity index (χ3v) is 1.26. The van der Waals surface area contributed by atoms with Crippen LogP contribution in [0, 0.1) is 0 Å². The van der Waals surface area contributed by atoms with Crippen molar-refractivity contribution in [2.45, 2.75) is 6.54 Å². The average Bonchev–Trinajstić information content (AvgIpc) is 2.52. The molecule has 0 spiro atoms. The lowest BCUT2D eigenvalue weighted by Crippen LogP contribution is -2.11. The number of hydrogen-bond acceptors (Lipinski definition) is 5. The lowest BCUT2D eigenvalue weighted by Gasteiger charge is -1.93. The van der Waals surface area contributed by atoms with Crippen LogP contribution in [0.2, 0.25) is 0 Å². The number of methoxy groups -OCH3 is 1. The molecule has 0 aliphatic heterocycles. The van der Waals surface area contributed by atoms with Crippen LogP contribution in [-0.4, -0.2) is 34.4 Å². The van der Waals surface area contributed by atoms with Gasteiger partial charge in [-0.15, -0.1) is 5.10 Å². The molecule has 0 fully saturated rings. The maximum absolute atomic E-state index is 10.8. The molecule has 12 heavy (non-hydrogen) atoms. The second-order valence-corrected chi connectivity index (χ2v) is 2.11. The maximum atomic E-state index is 10.8. The molecule has 1 aromatic heterocycles. The summed E-state index contributed by atoms with van der Waals surface area (Å²) in [5, 5.41) is 3.82. The Kier molecular flexibility index (Phi) is 2.76. The average molecular weight is 170 g/mol. The van der Waals surface area contributed by atoms with E-state index in [1.54, 1.807) is 0 Å². The van der Waals surface area contributed by atoms with Gasteiger partial charge >= 0.3 is 5.97 Å². The minimum atomic E-state index is -0.536. The van der Waals surface area contributed by atoms with E-state index in [2.05, 4.69) is 14.8 Å². The van der Waals surface area contributed by atoms with Gasteiger partial charge in [0.15, 0.2) is 0 Å². The fraction of sp³-hybridized carbons (Fsp3) is 0.500. The van der Waals surface area contributed by atoms with Gasteiger partial charge in [-0.2, -0.15) is 0 Å². The number of nitrogens with two attached hydrogens (primary N) is 1. The molecule has 0 bridgehead atoms. The molecule has 66 valence electrons. The maximum Gasteiger partial charge on any atom is 0.377 e. The van der Waals surface area contributed by atoms with Gasteiger partial charge in [-0.3, -0.25) is 4.68 Å². The monoisotopic (exact) mass is 170 g/mol. The predicted octanol–water partition coefficient (Wildman–Crippen LogP) is -0.977. The summed E-state index contributed by atoms with van der Waals surface area (Å²) in [5.41, 5.74) is 5.27. The van der Waals surface area contributed by atoms with E-state index in [0.717, 1.165) is 0 Å². The van der Waals surface area contributed by atoms with Gasteiger partial charge in [-0.25, -0.2) is 9.78 Å². The molecule has 2 N–H and O–H groups in total. The molecule has 0 aliphatic carbocycles. The lowest BCUT2D eigenvalue weighted by atomic mass is 10.6. The largest absolute Gasteiger partial charge is 0.463 e. The normalized spacial score (nSPS) is 9.83. The van der Waals surface area contributed by atoms with Crippen molar-refractivity contribution < 1.29 is 9.53 Å². The van der Waals surface area contributed by atoms with Gasteiger partial charge in [0.05, 0.1) is 13.7 Å². The van der Waals surface area contributed by atoms with Crippen LogP contribution >= 0.6 is 0 Å². The molecule has 6 nitrogen and oxygen atoms in total. The van der Waals surface area contributed by atoms with Crippen molar-refractivity contribution in [2.75, 3.05) is 13.7 Å². The Bertz CT molecular complexity index is 270. The summed E-state index contributed by atoms with van der Waals surface area (Å²) in [7, 11) is 1.28. The van der Waals surface area contributed by atoms with Gasteiger partial charge in [0.1, 0.15) is 6.33 Å². The first kappa shape index (κ1) is 8.66. The van der Waals surface area contributed by atoms with Crippen LogP contribution in [0.3, 0.4) is 0 Å². The van der Waals surface area contributed by atoms with Gasteiger partial charge in [-0.05, 0) is 0 Å². The fourth-order valence-electron chi connectivity index (χ4n) is 0.719. The molecule has 0 atom stereocenters. The first-order valence-corrected chi connectivity index (χ1v) is 3.45. The van der Waals surface area contributed by atoms with Crippen LogP contribution in [0.15, 0.2) is 6.33 Å². The van der Waals surface area contributed by atoms with Gasteiger partial charge in [0.2, 0.25) is 0 Å². The Morgan fingerprint density at radius 1 is 1.83 bits per heavy atom. The van der Waals surface area contributed by atoms with Crippen molar-refractivity contribution in [2.24, 2.45) is 5.73 Å². The van der Waals surface area contributed by atoms with Crippen LogP contribution in [0.5, 0.6) is 0 Å². The van der Waals surface area contributed by atoms with Gasteiger partial charge in [-0.1, -0.05) is 0 Å². The van der Waals surface area contributed by atoms with E-state index in [1.807, 2.05) is 0 Å². The summed E-state index contributed by atoms with van der Waals surface area (Å²) < 4.78 is 5.91. The van der Waals surface area contributed by atoms with E-state index in [9.17, 15) is 4.79 Å². The number of esters is 1. The standard InChI is InChI=1S/C6H10N4O2/c1-12-6(11)5-8-4-10(9-5)3-2-7/h4H,2-3,7H2,1H3. The molecule has 0 amide bonds. The molecule has 6 heteroatoms. The zero-order valence-electron chi connectivity index (χ0n) is 6.73. The van der Waals surface area contributed by atoms with Crippen LogP contribution < -0.4 is 5.73 Å². The van der Waals surface area contributed by atoms with Crippen LogP contribution in [0.4, 0.5) is 0 Å². The van der Waals surface area contributed by atoms with E-state index in [4.69, 9.17) is 5.73 Å². The summed E-state index contributed by atoms with van der Waals surface area (Å²) >= 11 is 0. The SMILES string of the molecule is COC(=O)c1ncn(CCN)n1. The first-order valence-electron chi connectivity index (χ1n) is 3.45. The summed E-state index contributed by atoms with van der Waals surface area (Å²) in [6.45, 7) is 1.01. The molecule has 1 rings (SSSR count). The Balaban J connectivity index is 2.70. The summed E-state index contributed by atoms with van der Waals surface area (Å²) in [5.74, 6) is -0.475. The van der Waals surface area contributed by atoms with E-state index >= 15 is 0 Å². The second-order valence-electron chi connectivity index (χ2n) is 2.11. The topological polar surface area (TPSA) is 83.0 Å². The molecule has 0 unspecified atom stereocenters. The van der Waals surface area contributed by atoms with Gasteiger partial charge in [0, 0.05) is 6.54 Å². The number of carbonyl (C=O) groups is 1. The Morgan fingerprint density at radius 2 is 2.58 bits per heavy atom. The zero-order valence-corrected chi connectivity index (χ0v) is 6.73. The minimum absolute atomic E-state index is 0.0611. The third-order valence-electron chi connectivity index (χ3n) is 1.26. The van der Waals surface area contributed by atoms with Crippen molar-refractivity contribution in [3.63, 3.8) is 0 Å².